The summed E-state index contributed by atoms with van der Waals surface area (Å²) >= 11 is 5.87. The molecular formula is C24H28ClN3O5. The number of carbonyl (C=O) groups excluding carboxylic acids is 3. The van der Waals surface area contributed by atoms with Crippen LogP contribution < -0.4 is 25.8 Å². The number of rotatable bonds is 10. The number of ether oxygens (including phenoxy) is 2. The monoisotopic (exact) mass is 473 g/mol. The molecule has 3 amide bonds. The van der Waals surface area contributed by atoms with Crippen molar-refractivity contribution in [2.75, 3.05) is 6.61 Å². The molecule has 0 radical (unpaired) electrons. The zero-order chi connectivity index (χ0) is 24.0. The van der Waals surface area contributed by atoms with E-state index in [4.69, 9.17) is 26.8 Å². The fourth-order valence-electron chi connectivity index (χ4n) is 3.61. The maximum absolute atomic E-state index is 12.9. The lowest BCUT2D eigenvalue weighted by Gasteiger charge is -2.19. The first-order chi connectivity index (χ1) is 15.8. The van der Waals surface area contributed by atoms with Crippen molar-refractivity contribution in [3.8, 4) is 11.5 Å². The SMILES string of the molecule is CCOc1cc2c(cc1CNC(=O)[C@@H](CCC(N)=O)NC(=O)c1ccc(Cl)cc1)OC(C)C2. The summed E-state index contributed by atoms with van der Waals surface area (Å²) in [5.41, 5.74) is 7.42. The first-order valence-corrected chi connectivity index (χ1v) is 11.2. The van der Waals surface area contributed by atoms with Crippen molar-refractivity contribution in [2.24, 2.45) is 5.73 Å². The van der Waals surface area contributed by atoms with Crippen molar-refractivity contribution in [3.63, 3.8) is 0 Å². The maximum atomic E-state index is 12.9. The van der Waals surface area contributed by atoms with Crippen molar-refractivity contribution in [3.05, 3.63) is 58.1 Å². The molecule has 9 heteroatoms. The van der Waals surface area contributed by atoms with E-state index in [9.17, 15) is 14.4 Å². The van der Waals surface area contributed by atoms with Gasteiger partial charge in [0.25, 0.3) is 5.91 Å². The number of carbonyl (C=O) groups is 3. The molecule has 2 aromatic carbocycles. The minimum atomic E-state index is -0.943. The number of halogens is 1. The molecule has 4 N–H and O–H groups in total. The molecule has 1 aliphatic heterocycles. The summed E-state index contributed by atoms with van der Waals surface area (Å²) in [5, 5.41) is 5.99. The Kier molecular flexibility index (Phi) is 8.16. The molecule has 0 bridgehead atoms. The van der Waals surface area contributed by atoms with E-state index in [0.29, 0.717) is 22.9 Å². The molecule has 0 fully saturated rings. The molecule has 3 rings (SSSR count). The zero-order valence-electron chi connectivity index (χ0n) is 18.7. The quantitative estimate of drug-likeness (QED) is 0.490. The molecule has 0 aliphatic carbocycles. The Morgan fingerprint density at radius 3 is 2.64 bits per heavy atom. The van der Waals surface area contributed by atoms with E-state index in [1.165, 1.54) is 0 Å². The molecule has 2 atom stereocenters. The molecule has 2 aromatic rings. The molecule has 1 unspecified atom stereocenters. The van der Waals surface area contributed by atoms with Gasteiger partial charge in [-0.15, -0.1) is 0 Å². The fourth-order valence-corrected chi connectivity index (χ4v) is 3.74. The van der Waals surface area contributed by atoms with Crippen LogP contribution in [0.3, 0.4) is 0 Å². The second-order valence-electron chi connectivity index (χ2n) is 7.89. The van der Waals surface area contributed by atoms with Crippen LogP contribution in [0.2, 0.25) is 5.02 Å². The molecule has 0 spiro atoms. The van der Waals surface area contributed by atoms with Crippen LogP contribution in [0.1, 0.15) is 48.2 Å². The van der Waals surface area contributed by atoms with Gasteiger partial charge in [0.05, 0.1) is 6.61 Å². The van der Waals surface area contributed by atoms with E-state index in [-0.39, 0.29) is 25.5 Å². The van der Waals surface area contributed by atoms with Gasteiger partial charge < -0.3 is 25.8 Å². The minimum Gasteiger partial charge on any atom is -0.494 e. The summed E-state index contributed by atoms with van der Waals surface area (Å²) in [4.78, 5) is 36.8. The molecule has 33 heavy (non-hydrogen) atoms. The van der Waals surface area contributed by atoms with Gasteiger partial charge in [0, 0.05) is 41.1 Å². The fraction of sp³-hybridized carbons (Fsp3) is 0.375. The smallest absolute Gasteiger partial charge is 0.251 e. The van der Waals surface area contributed by atoms with Gasteiger partial charge in [-0.05, 0) is 56.7 Å². The highest BCUT2D eigenvalue weighted by Gasteiger charge is 2.24. The Hall–Kier alpha value is -3.26. The van der Waals surface area contributed by atoms with Crippen LogP contribution in [0.5, 0.6) is 11.5 Å². The van der Waals surface area contributed by atoms with Crippen LogP contribution in [-0.2, 0) is 22.6 Å². The number of nitrogens with one attached hydrogen (secondary N) is 2. The average molecular weight is 474 g/mol. The molecule has 176 valence electrons. The number of nitrogens with two attached hydrogens (primary N) is 1. The molecule has 8 nitrogen and oxygen atoms in total. The predicted molar refractivity (Wildman–Crippen MR) is 124 cm³/mol. The molecule has 1 aliphatic rings. The Balaban J connectivity index is 1.71. The second-order valence-corrected chi connectivity index (χ2v) is 8.33. The molecule has 0 saturated carbocycles. The third-order valence-corrected chi connectivity index (χ3v) is 5.49. The summed E-state index contributed by atoms with van der Waals surface area (Å²) in [5.74, 6) is 0.00345. The first kappa shape index (κ1) is 24.4. The van der Waals surface area contributed by atoms with Crippen molar-refractivity contribution in [1.82, 2.24) is 10.6 Å². The first-order valence-electron chi connectivity index (χ1n) is 10.8. The highest BCUT2D eigenvalue weighted by Crippen LogP contribution is 2.35. The van der Waals surface area contributed by atoms with Crippen molar-refractivity contribution < 1.29 is 23.9 Å². The largest absolute Gasteiger partial charge is 0.494 e. The van der Waals surface area contributed by atoms with Crippen LogP contribution in [0.25, 0.3) is 0 Å². The van der Waals surface area contributed by atoms with E-state index in [0.717, 1.165) is 23.3 Å². The van der Waals surface area contributed by atoms with Gasteiger partial charge >= 0.3 is 0 Å². The van der Waals surface area contributed by atoms with Gasteiger partial charge in [-0.2, -0.15) is 0 Å². The van der Waals surface area contributed by atoms with Crippen LogP contribution in [-0.4, -0.2) is 36.5 Å². The lowest BCUT2D eigenvalue weighted by atomic mass is 10.1. The Morgan fingerprint density at radius 2 is 1.97 bits per heavy atom. The van der Waals surface area contributed by atoms with Crippen molar-refractivity contribution in [1.29, 1.82) is 0 Å². The molecular weight excluding hydrogens is 446 g/mol. The van der Waals surface area contributed by atoms with E-state index in [2.05, 4.69) is 10.6 Å². The lowest BCUT2D eigenvalue weighted by molar-refractivity contribution is -0.123. The minimum absolute atomic E-state index is 0.0479. The van der Waals surface area contributed by atoms with Crippen LogP contribution >= 0.6 is 11.6 Å². The lowest BCUT2D eigenvalue weighted by Crippen LogP contribution is -2.47. The maximum Gasteiger partial charge on any atom is 0.251 e. The molecule has 0 saturated heterocycles. The summed E-state index contributed by atoms with van der Waals surface area (Å²) in [6.07, 6.45) is 0.909. The second kappa shape index (κ2) is 11.0. The van der Waals surface area contributed by atoms with Gasteiger partial charge in [-0.1, -0.05) is 11.6 Å². The number of primary amides is 1. The van der Waals surface area contributed by atoms with E-state index >= 15 is 0 Å². The molecule has 1 heterocycles. The number of hydrogen-bond acceptors (Lipinski definition) is 5. The summed E-state index contributed by atoms with van der Waals surface area (Å²) in [6.45, 7) is 4.53. The van der Waals surface area contributed by atoms with E-state index in [1.54, 1.807) is 24.3 Å². The Labute approximate surface area is 197 Å². The van der Waals surface area contributed by atoms with Gasteiger partial charge in [0.2, 0.25) is 11.8 Å². The zero-order valence-corrected chi connectivity index (χ0v) is 19.4. The third-order valence-electron chi connectivity index (χ3n) is 5.24. The summed E-state index contributed by atoms with van der Waals surface area (Å²) in [6, 6.07) is 9.15. The number of fused-ring (bicyclic) bond motifs is 1. The third kappa shape index (κ3) is 6.61. The van der Waals surface area contributed by atoms with Crippen LogP contribution in [0, 0.1) is 0 Å². The van der Waals surface area contributed by atoms with E-state index in [1.807, 2.05) is 26.0 Å². The van der Waals surface area contributed by atoms with E-state index < -0.39 is 23.8 Å². The number of amides is 3. The highest BCUT2D eigenvalue weighted by molar-refractivity contribution is 6.30. The number of hydrogen-bond donors (Lipinski definition) is 3. The summed E-state index contributed by atoms with van der Waals surface area (Å²) < 4.78 is 11.6. The van der Waals surface area contributed by atoms with Gasteiger partial charge in [0.1, 0.15) is 23.6 Å². The van der Waals surface area contributed by atoms with Gasteiger partial charge in [-0.3, -0.25) is 14.4 Å². The van der Waals surface area contributed by atoms with Crippen LogP contribution in [0.15, 0.2) is 36.4 Å². The van der Waals surface area contributed by atoms with Crippen molar-refractivity contribution in [2.45, 2.75) is 51.8 Å². The predicted octanol–water partition coefficient (Wildman–Crippen LogP) is 2.74. The average Bonchev–Trinajstić information content (AvgIpc) is 3.13. The highest BCUT2D eigenvalue weighted by atomic mass is 35.5. The number of benzene rings is 2. The topological polar surface area (TPSA) is 120 Å². The summed E-state index contributed by atoms with van der Waals surface area (Å²) in [7, 11) is 0. The molecule has 0 aromatic heterocycles. The normalized spacial score (nSPS) is 15.2. The Bertz CT molecular complexity index is 1030. The van der Waals surface area contributed by atoms with Gasteiger partial charge in [0.15, 0.2) is 0 Å². The Morgan fingerprint density at radius 1 is 1.24 bits per heavy atom. The van der Waals surface area contributed by atoms with Crippen LogP contribution in [0.4, 0.5) is 0 Å². The standard InChI is InChI=1S/C24H28ClN3O5/c1-3-32-20-11-16-10-14(2)33-21(16)12-17(20)13-27-24(31)19(8-9-22(26)29)28-23(30)15-4-6-18(25)7-5-15/h4-7,11-12,14,19H,3,8-10,13H2,1-2H3,(H2,26,29)(H,27,31)(H,28,30)/t14?,19-/m1/s1. The van der Waals surface area contributed by atoms with Crippen molar-refractivity contribution >= 4 is 29.3 Å². The van der Waals surface area contributed by atoms with Gasteiger partial charge in [-0.25, -0.2) is 0 Å².